The van der Waals surface area contributed by atoms with E-state index in [9.17, 15) is 0 Å². The summed E-state index contributed by atoms with van der Waals surface area (Å²) >= 11 is 6.37. The molecular formula is C21H14ClN. The maximum atomic E-state index is 6.37. The quantitative estimate of drug-likeness (QED) is 0.428. The van der Waals surface area contributed by atoms with Gasteiger partial charge in [-0.15, -0.1) is 0 Å². The Hall–Kier alpha value is -2.64. The van der Waals surface area contributed by atoms with Crippen LogP contribution in [0.4, 0.5) is 0 Å². The zero-order chi connectivity index (χ0) is 15.6. The standard InChI is InChI=1S/C21H14ClN/c22-19-12-6-4-11-17(19)21-14-18(15-8-2-1-3-9-15)16-10-5-7-13-20(16)23-21/h1-14H. The van der Waals surface area contributed by atoms with E-state index >= 15 is 0 Å². The molecule has 0 radical (unpaired) electrons. The third-order valence-electron chi connectivity index (χ3n) is 3.95. The first-order valence-corrected chi connectivity index (χ1v) is 7.91. The van der Waals surface area contributed by atoms with Gasteiger partial charge in [0.1, 0.15) is 0 Å². The van der Waals surface area contributed by atoms with E-state index in [-0.39, 0.29) is 0 Å². The van der Waals surface area contributed by atoms with Crippen molar-refractivity contribution in [2.45, 2.75) is 0 Å². The van der Waals surface area contributed by atoms with Gasteiger partial charge in [0.2, 0.25) is 0 Å². The van der Waals surface area contributed by atoms with Crippen LogP contribution in [0, 0.1) is 0 Å². The number of rotatable bonds is 2. The zero-order valence-corrected chi connectivity index (χ0v) is 13.2. The second kappa shape index (κ2) is 5.86. The molecule has 0 aliphatic heterocycles. The molecule has 0 atom stereocenters. The largest absolute Gasteiger partial charge is 0.248 e. The molecule has 0 N–H and O–H groups in total. The van der Waals surface area contributed by atoms with Gasteiger partial charge in [0.15, 0.2) is 0 Å². The molecule has 0 aliphatic rings. The molecule has 0 bridgehead atoms. The van der Waals surface area contributed by atoms with Crippen LogP contribution < -0.4 is 0 Å². The Morgan fingerprint density at radius 3 is 2.17 bits per heavy atom. The zero-order valence-electron chi connectivity index (χ0n) is 12.4. The highest BCUT2D eigenvalue weighted by atomic mass is 35.5. The third-order valence-corrected chi connectivity index (χ3v) is 4.28. The molecule has 0 fully saturated rings. The van der Waals surface area contributed by atoms with Crippen molar-refractivity contribution in [3.8, 4) is 22.4 Å². The average molecular weight is 316 g/mol. The third kappa shape index (κ3) is 2.60. The fourth-order valence-electron chi connectivity index (χ4n) is 2.84. The van der Waals surface area contributed by atoms with Crippen molar-refractivity contribution in [3.63, 3.8) is 0 Å². The fraction of sp³-hybridized carbons (Fsp3) is 0. The number of hydrogen-bond donors (Lipinski definition) is 0. The highest BCUT2D eigenvalue weighted by molar-refractivity contribution is 6.33. The van der Waals surface area contributed by atoms with Gasteiger partial charge in [-0.2, -0.15) is 0 Å². The van der Waals surface area contributed by atoms with Gasteiger partial charge < -0.3 is 0 Å². The molecule has 0 aliphatic carbocycles. The molecule has 2 heteroatoms. The molecule has 3 aromatic carbocycles. The summed E-state index contributed by atoms with van der Waals surface area (Å²) < 4.78 is 0. The van der Waals surface area contributed by atoms with Crippen molar-refractivity contribution >= 4 is 22.5 Å². The molecule has 4 aromatic rings. The van der Waals surface area contributed by atoms with E-state index in [0.29, 0.717) is 5.02 Å². The lowest BCUT2D eigenvalue weighted by Crippen LogP contribution is -1.90. The van der Waals surface area contributed by atoms with Crippen LogP contribution >= 0.6 is 11.6 Å². The van der Waals surface area contributed by atoms with E-state index in [0.717, 1.165) is 22.2 Å². The van der Waals surface area contributed by atoms with Crippen molar-refractivity contribution in [2.75, 3.05) is 0 Å². The van der Waals surface area contributed by atoms with Crippen molar-refractivity contribution in [3.05, 3.63) is 90.0 Å². The fourth-order valence-corrected chi connectivity index (χ4v) is 3.07. The highest BCUT2D eigenvalue weighted by Gasteiger charge is 2.10. The summed E-state index contributed by atoms with van der Waals surface area (Å²) in [6.45, 7) is 0. The van der Waals surface area contributed by atoms with Crippen LogP contribution in [0.25, 0.3) is 33.3 Å². The Balaban J connectivity index is 2.04. The normalized spacial score (nSPS) is 10.8. The summed E-state index contributed by atoms with van der Waals surface area (Å²) in [4.78, 5) is 4.81. The van der Waals surface area contributed by atoms with Gasteiger partial charge in [0, 0.05) is 16.0 Å². The van der Waals surface area contributed by atoms with Crippen molar-refractivity contribution in [1.82, 2.24) is 4.98 Å². The molecule has 0 spiro atoms. The van der Waals surface area contributed by atoms with Crippen LogP contribution in [0.15, 0.2) is 84.9 Å². The lowest BCUT2D eigenvalue weighted by molar-refractivity contribution is 1.40. The van der Waals surface area contributed by atoms with Crippen LogP contribution in [-0.4, -0.2) is 4.98 Å². The molecular weight excluding hydrogens is 302 g/mol. The maximum absolute atomic E-state index is 6.37. The minimum absolute atomic E-state index is 0.717. The molecule has 110 valence electrons. The van der Waals surface area contributed by atoms with Crippen LogP contribution in [0.1, 0.15) is 0 Å². The SMILES string of the molecule is Clc1ccccc1-c1cc(-c2ccccc2)c2ccccc2n1. The smallest absolute Gasteiger partial charge is 0.0730 e. The van der Waals surface area contributed by atoms with Gasteiger partial charge in [-0.05, 0) is 29.3 Å². The predicted molar refractivity (Wildman–Crippen MR) is 97.6 cm³/mol. The lowest BCUT2D eigenvalue weighted by Gasteiger charge is -2.11. The first-order valence-electron chi connectivity index (χ1n) is 7.53. The molecule has 23 heavy (non-hydrogen) atoms. The Bertz CT molecular complexity index is 977. The number of halogens is 1. The predicted octanol–water partition coefficient (Wildman–Crippen LogP) is 6.22. The van der Waals surface area contributed by atoms with E-state index < -0.39 is 0 Å². The molecule has 0 unspecified atom stereocenters. The topological polar surface area (TPSA) is 12.9 Å². The Labute approximate surface area is 140 Å². The average Bonchev–Trinajstić information content (AvgIpc) is 2.62. The number of pyridine rings is 1. The van der Waals surface area contributed by atoms with Gasteiger partial charge in [-0.25, -0.2) is 4.98 Å². The van der Waals surface area contributed by atoms with Gasteiger partial charge >= 0.3 is 0 Å². The minimum Gasteiger partial charge on any atom is -0.248 e. The number of fused-ring (bicyclic) bond motifs is 1. The summed E-state index contributed by atoms with van der Waals surface area (Å²) in [5, 5.41) is 1.86. The number of para-hydroxylation sites is 1. The van der Waals surface area contributed by atoms with Crippen LogP contribution in [0.5, 0.6) is 0 Å². The molecule has 1 heterocycles. The van der Waals surface area contributed by atoms with Crippen molar-refractivity contribution in [1.29, 1.82) is 0 Å². The molecule has 0 saturated heterocycles. The molecule has 0 saturated carbocycles. The monoisotopic (exact) mass is 315 g/mol. The van der Waals surface area contributed by atoms with Crippen LogP contribution in [-0.2, 0) is 0 Å². The van der Waals surface area contributed by atoms with E-state index in [2.05, 4.69) is 36.4 Å². The minimum atomic E-state index is 0.717. The first kappa shape index (κ1) is 14.0. The van der Waals surface area contributed by atoms with E-state index in [1.165, 1.54) is 11.1 Å². The Morgan fingerprint density at radius 2 is 1.35 bits per heavy atom. The summed E-state index contributed by atoms with van der Waals surface area (Å²) in [7, 11) is 0. The van der Waals surface area contributed by atoms with Crippen molar-refractivity contribution in [2.24, 2.45) is 0 Å². The highest BCUT2D eigenvalue weighted by Crippen LogP contribution is 2.34. The second-order valence-electron chi connectivity index (χ2n) is 5.42. The molecule has 4 rings (SSSR count). The van der Waals surface area contributed by atoms with Gasteiger partial charge in [0.05, 0.1) is 11.2 Å². The van der Waals surface area contributed by atoms with Gasteiger partial charge in [0.25, 0.3) is 0 Å². The molecule has 1 aromatic heterocycles. The second-order valence-corrected chi connectivity index (χ2v) is 5.83. The number of benzene rings is 3. The van der Waals surface area contributed by atoms with Gasteiger partial charge in [-0.1, -0.05) is 78.3 Å². The van der Waals surface area contributed by atoms with Crippen LogP contribution in [0.2, 0.25) is 5.02 Å². The van der Waals surface area contributed by atoms with E-state index in [4.69, 9.17) is 16.6 Å². The Morgan fingerprint density at radius 1 is 0.652 bits per heavy atom. The summed E-state index contributed by atoms with van der Waals surface area (Å²) in [5.74, 6) is 0. The number of hydrogen-bond acceptors (Lipinski definition) is 1. The number of nitrogens with zero attached hydrogens (tertiary/aromatic N) is 1. The first-order chi connectivity index (χ1) is 11.3. The van der Waals surface area contributed by atoms with Gasteiger partial charge in [-0.3, -0.25) is 0 Å². The molecule has 0 amide bonds. The van der Waals surface area contributed by atoms with E-state index in [1.54, 1.807) is 0 Å². The van der Waals surface area contributed by atoms with Crippen LogP contribution in [0.3, 0.4) is 0 Å². The maximum Gasteiger partial charge on any atom is 0.0730 e. The van der Waals surface area contributed by atoms with Crippen molar-refractivity contribution < 1.29 is 0 Å². The van der Waals surface area contributed by atoms with E-state index in [1.807, 2.05) is 48.5 Å². The summed E-state index contributed by atoms with van der Waals surface area (Å²) in [6.07, 6.45) is 0. The number of aromatic nitrogens is 1. The summed E-state index contributed by atoms with van der Waals surface area (Å²) in [6, 6.07) is 28.6. The lowest BCUT2D eigenvalue weighted by atomic mass is 9.98. The summed E-state index contributed by atoms with van der Waals surface area (Å²) in [5.41, 5.74) is 5.18. The Kier molecular flexibility index (Phi) is 3.57. The molecule has 1 nitrogen and oxygen atoms in total.